The molecule has 0 bridgehead atoms. The molecule has 0 aliphatic carbocycles. The average molecular weight is 331 g/mol. The molecule has 2 nitrogen and oxygen atoms in total. The molecular weight excluding hydrogens is 321 g/mol. The monoisotopic (exact) mass is 329 g/mol. The molecule has 0 fully saturated rings. The topological polar surface area (TPSA) is 33.1 Å². The molecule has 2 aromatic rings. The van der Waals surface area contributed by atoms with Crippen molar-refractivity contribution in [1.82, 2.24) is 4.98 Å². The largest absolute Gasteiger partial charge is 0.388 e. The summed E-state index contributed by atoms with van der Waals surface area (Å²) in [6, 6.07) is 7.86. The van der Waals surface area contributed by atoms with Gasteiger partial charge in [0, 0.05) is 17.1 Å². The first kappa shape index (κ1) is 13.5. The first-order valence-electron chi connectivity index (χ1n) is 5.29. The van der Waals surface area contributed by atoms with Crippen LogP contribution in [0.1, 0.15) is 17.2 Å². The van der Waals surface area contributed by atoms with Crippen molar-refractivity contribution >= 4 is 27.5 Å². The van der Waals surface area contributed by atoms with Crippen LogP contribution in [0, 0.1) is 5.82 Å². The summed E-state index contributed by atoms with van der Waals surface area (Å²) in [5.41, 5.74) is 1.36. The van der Waals surface area contributed by atoms with E-state index in [1.807, 2.05) is 0 Å². The number of rotatable bonds is 3. The first-order chi connectivity index (χ1) is 8.54. The molecule has 1 N–H and O–H groups in total. The van der Waals surface area contributed by atoms with Crippen LogP contribution in [0.15, 0.2) is 41.0 Å². The van der Waals surface area contributed by atoms with Gasteiger partial charge in [-0.3, -0.25) is 0 Å². The number of aromatic nitrogens is 1. The molecule has 0 amide bonds. The standard InChI is InChI=1S/C13H10BrClFNO/c14-10-3-8(4-11(16)6-10)5-12(18)9-1-2-13(15)17-7-9/h1-4,6-7,12,18H,5H2. The Kier molecular flexibility index (Phi) is 4.32. The number of benzene rings is 1. The summed E-state index contributed by atoms with van der Waals surface area (Å²) in [6.07, 6.45) is 1.10. The van der Waals surface area contributed by atoms with Crippen LogP contribution < -0.4 is 0 Å². The van der Waals surface area contributed by atoms with E-state index in [2.05, 4.69) is 20.9 Å². The van der Waals surface area contributed by atoms with Crippen LogP contribution in [-0.2, 0) is 6.42 Å². The third kappa shape index (κ3) is 3.51. The maximum atomic E-state index is 13.2. The lowest BCUT2D eigenvalue weighted by Gasteiger charge is -2.11. The highest BCUT2D eigenvalue weighted by molar-refractivity contribution is 9.10. The van der Waals surface area contributed by atoms with Gasteiger partial charge in [0.1, 0.15) is 11.0 Å². The Morgan fingerprint density at radius 2 is 2.11 bits per heavy atom. The normalized spacial score (nSPS) is 12.4. The molecule has 5 heteroatoms. The van der Waals surface area contributed by atoms with Crippen LogP contribution in [0.2, 0.25) is 5.15 Å². The number of hydrogen-bond acceptors (Lipinski definition) is 2. The molecule has 0 aliphatic rings. The molecule has 1 atom stereocenters. The van der Waals surface area contributed by atoms with Gasteiger partial charge in [-0.15, -0.1) is 0 Å². The predicted molar refractivity (Wildman–Crippen MR) is 72.0 cm³/mol. The summed E-state index contributed by atoms with van der Waals surface area (Å²) in [5, 5.41) is 10.4. The van der Waals surface area contributed by atoms with Gasteiger partial charge in [0.15, 0.2) is 0 Å². The fourth-order valence-electron chi connectivity index (χ4n) is 1.65. The summed E-state index contributed by atoms with van der Waals surface area (Å²) in [5.74, 6) is -0.333. The molecule has 0 spiro atoms. The molecule has 2 rings (SSSR count). The molecule has 18 heavy (non-hydrogen) atoms. The van der Waals surface area contributed by atoms with E-state index in [0.717, 1.165) is 0 Å². The van der Waals surface area contributed by atoms with E-state index in [4.69, 9.17) is 11.6 Å². The summed E-state index contributed by atoms with van der Waals surface area (Å²) < 4.78 is 13.8. The fourth-order valence-corrected chi connectivity index (χ4v) is 2.28. The Morgan fingerprint density at radius 3 is 2.72 bits per heavy atom. The zero-order chi connectivity index (χ0) is 13.1. The van der Waals surface area contributed by atoms with Gasteiger partial charge in [0.25, 0.3) is 0 Å². The van der Waals surface area contributed by atoms with Crippen LogP contribution in [0.5, 0.6) is 0 Å². The van der Waals surface area contributed by atoms with Gasteiger partial charge in [0.2, 0.25) is 0 Å². The highest BCUT2D eigenvalue weighted by Crippen LogP contribution is 2.22. The van der Waals surface area contributed by atoms with Crippen molar-refractivity contribution < 1.29 is 9.50 Å². The molecule has 1 heterocycles. The minimum atomic E-state index is -0.733. The Balaban J connectivity index is 2.15. The Bertz CT molecular complexity index is 527. The Labute approximate surface area is 118 Å². The zero-order valence-corrected chi connectivity index (χ0v) is 11.6. The highest BCUT2D eigenvalue weighted by atomic mass is 79.9. The quantitative estimate of drug-likeness (QED) is 0.866. The number of hydrogen-bond donors (Lipinski definition) is 1. The minimum Gasteiger partial charge on any atom is -0.388 e. The number of aliphatic hydroxyl groups is 1. The van der Waals surface area contributed by atoms with Crippen molar-refractivity contribution in [3.05, 3.63) is 63.1 Å². The van der Waals surface area contributed by atoms with E-state index in [-0.39, 0.29) is 5.82 Å². The first-order valence-corrected chi connectivity index (χ1v) is 6.46. The summed E-state index contributed by atoms with van der Waals surface area (Å²) in [7, 11) is 0. The SMILES string of the molecule is OC(Cc1cc(F)cc(Br)c1)c1ccc(Cl)nc1. The van der Waals surface area contributed by atoms with Gasteiger partial charge in [-0.25, -0.2) is 9.37 Å². The third-order valence-corrected chi connectivity index (χ3v) is 3.17. The van der Waals surface area contributed by atoms with Gasteiger partial charge < -0.3 is 5.11 Å². The predicted octanol–water partition coefficient (Wildman–Crippen LogP) is 3.91. The molecule has 94 valence electrons. The molecule has 0 radical (unpaired) electrons. The lowest BCUT2D eigenvalue weighted by molar-refractivity contribution is 0.178. The lowest BCUT2D eigenvalue weighted by atomic mass is 10.0. The van der Waals surface area contributed by atoms with Gasteiger partial charge in [0.05, 0.1) is 6.10 Å². The molecular formula is C13H10BrClFNO. The second-order valence-corrected chi connectivity index (χ2v) is 5.21. The molecule has 0 saturated carbocycles. The maximum Gasteiger partial charge on any atom is 0.129 e. The van der Waals surface area contributed by atoms with E-state index in [1.54, 1.807) is 18.2 Å². The highest BCUT2D eigenvalue weighted by Gasteiger charge is 2.10. The lowest BCUT2D eigenvalue weighted by Crippen LogP contribution is -2.02. The third-order valence-electron chi connectivity index (χ3n) is 2.49. The summed E-state index contributed by atoms with van der Waals surface area (Å²) >= 11 is 8.89. The van der Waals surface area contributed by atoms with Crippen LogP contribution >= 0.6 is 27.5 Å². The second-order valence-electron chi connectivity index (χ2n) is 3.91. The van der Waals surface area contributed by atoms with E-state index >= 15 is 0 Å². The summed E-state index contributed by atoms with van der Waals surface area (Å²) in [4.78, 5) is 3.90. The number of pyridine rings is 1. The zero-order valence-electron chi connectivity index (χ0n) is 9.28. The molecule has 1 unspecified atom stereocenters. The van der Waals surface area contributed by atoms with E-state index < -0.39 is 6.10 Å². The fraction of sp³-hybridized carbons (Fsp3) is 0.154. The van der Waals surface area contributed by atoms with Gasteiger partial charge in [-0.05, 0) is 35.4 Å². The van der Waals surface area contributed by atoms with Gasteiger partial charge >= 0.3 is 0 Å². The molecule has 1 aromatic carbocycles. The van der Waals surface area contributed by atoms with Crippen LogP contribution in [-0.4, -0.2) is 10.1 Å². The van der Waals surface area contributed by atoms with Crippen molar-refractivity contribution in [2.24, 2.45) is 0 Å². The van der Waals surface area contributed by atoms with Crippen molar-refractivity contribution in [2.75, 3.05) is 0 Å². The molecule has 0 aliphatic heterocycles. The molecule has 0 saturated heterocycles. The average Bonchev–Trinajstić information content (AvgIpc) is 2.28. The van der Waals surface area contributed by atoms with Crippen LogP contribution in [0.4, 0.5) is 4.39 Å². The van der Waals surface area contributed by atoms with Crippen LogP contribution in [0.3, 0.4) is 0 Å². The number of aliphatic hydroxyl groups excluding tert-OH is 1. The molecule has 1 aromatic heterocycles. The number of nitrogens with zero attached hydrogens (tertiary/aromatic N) is 1. The van der Waals surface area contributed by atoms with E-state index in [9.17, 15) is 9.50 Å². The minimum absolute atomic E-state index is 0.319. The summed E-state index contributed by atoms with van der Waals surface area (Å²) in [6.45, 7) is 0. The van der Waals surface area contributed by atoms with Crippen molar-refractivity contribution in [3.8, 4) is 0 Å². The van der Waals surface area contributed by atoms with Crippen LogP contribution in [0.25, 0.3) is 0 Å². The van der Waals surface area contributed by atoms with Crippen molar-refractivity contribution in [2.45, 2.75) is 12.5 Å². The Hall–Kier alpha value is -0.970. The van der Waals surface area contributed by atoms with E-state index in [1.165, 1.54) is 18.3 Å². The number of halogens is 3. The van der Waals surface area contributed by atoms with E-state index in [0.29, 0.717) is 27.2 Å². The van der Waals surface area contributed by atoms with Crippen molar-refractivity contribution in [3.63, 3.8) is 0 Å². The van der Waals surface area contributed by atoms with Crippen molar-refractivity contribution in [1.29, 1.82) is 0 Å². The van der Waals surface area contributed by atoms with Gasteiger partial charge in [-0.1, -0.05) is 33.6 Å². The second kappa shape index (κ2) is 5.78. The van der Waals surface area contributed by atoms with Gasteiger partial charge in [-0.2, -0.15) is 0 Å². The maximum absolute atomic E-state index is 13.2. The Morgan fingerprint density at radius 1 is 1.33 bits per heavy atom. The smallest absolute Gasteiger partial charge is 0.129 e.